The van der Waals surface area contributed by atoms with Crippen LogP contribution >= 0.6 is 0 Å². The van der Waals surface area contributed by atoms with Crippen molar-refractivity contribution < 1.29 is 9.53 Å². The number of carbonyl (C=O) groups is 1. The Hall–Kier alpha value is -2.40. The first-order valence-electron chi connectivity index (χ1n) is 6.43. The Morgan fingerprint density at radius 2 is 2.25 bits per heavy atom. The molecular weight excluding hydrogens is 254 g/mol. The molecule has 4 N–H and O–H groups in total. The van der Waals surface area contributed by atoms with Gasteiger partial charge in [0.1, 0.15) is 11.9 Å². The fourth-order valence-electron chi connectivity index (χ4n) is 2.42. The van der Waals surface area contributed by atoms with Gasteiger partial charge in [-0.3, -0.25) is 9.78 Å². The van der Waals surface area contributed by atoms with Gasteiger partial charge in [-0.25, -0.2) is 0 Å². The van der Waals surface area contributed by atoms with Gasteiger partial charge in [0.2, 0.25) is 5.91 Å². The molecule has 1 aromatic heterocycles. The molecule has 1 atom stereocenters. The van der Waals surface area contributed by atoms with Crippen LogP contribution < -0.4 is 16.2 Å². The van der Waals surface area contributed by atoms with Crippen LogP contribution in [0.2, 0.25) is 0 Å². The number of primary amides is 1. The number of aromatic nitrogens is 1. The molecule has 0 aliphatic carbocycles. The zero-order valence-corrected chi connectivity index (χ0v) is 10.9. The van der Waals surface area contributed by atoms with Crippen molar-refractivity contribution in [3.63, 3.8) is 0 Å². The Morgan fingerprint density at radius 3 is 3.00 bits per heavy atom. The number of carbonyl (C=O) groups excluding carboxylic acids is 1. The monoisotopic (exact) mass is 269 g/mol. The van der Waals surface area contributed by atoms with Crippen molar-refractivity contribution in [2.24, 2.45) is 11.5 Å². The molecule has 1 aliphatic heterocycles. The molecule has 5 nitrogen and oxygen atoms in total. The van der Waals surface area contributed by atoms with Crippen molar-refractivity contribution >= 4 is 5.91 Å². The van der Waals surface area contributed by atoms with Crippen LogP contribution in [-0.2, 0) is 6.42 Å². The molecule has 102 valence electrons. The molecule has 0 fully saturated rings. The molecule has 20 heavy (non-hydrogen) atoms. The summed E-state index contributed by atoms with van der Waals surface area (Å²) in [6, 6.07) is 7.66. The molecule has 1 amide bonds. The molecule has 0 saturated carbocycles. The number of hydrogen-bond donors (Lipinski definition) is 2. The quantitative estimate of drug-likeness (QED) is 0.873. The van der Waals surface area contributed by atoms with Crippen LogP contribution in [0.4, 0.5) is 0 Å². The van der Waals surface area contributed by atoms with E-state index in [0.717, 1.165) is 28.9 Å². The van der Waals surface area contributed by atoms with Gasteiger partial charge in [-0.05, 0) is 11.6 Å². The van der Waals surface area contributed by atoms with Crippen molar-refractivity contribution in [2.45, 2.75) is 12.5 Å². The van der Waals surface area contributed by atoms with Crippen molar-refractivity contribution in [2.75, 3.05) is 6.54 Å². The van der Waals surface area contributed by atoms with Gasteiger partial charge in [0.15, 0.2) is 0 Å². The normalized spacial score (nSPS) is 16.6. The van der Waals surface area contributed by atoms with E-state index < -0.39 is 5.91 Å². The minimum absolute atomic E-state index is 0.0124. The largest absolute Gasteiger partial charge is 0.488 e. The van der Waals surface area contributed by atoms with E-state index in [9.17, 15) is 4.79 Å². The Kier molecular flexibility index (Phi) is 3.12. The molecule has 5 heteroatoms. The van der Waals surface area contributed by atoms with Crippen LogP contribution in [0.1, 0.15) is 15.9 Å². The zero-order chi connectivity index (χ0) is 14.1. The summed E-state index contributed by atoms with van der Waals surface area (Å²) in [6.45, 7) is 0.480. The summed E-state index contributed by atoms with van der Waals surface area (Å²) in [4.78, 5) is 15.3. The molecule has 2 aromatic rings. The SMILES string of the molecule is NC[C@@H]1Cc2cccc(-c3cncc(C(N)=O)c3)c2O1. The molecule has 0 radical (unpaired) electrons. The van der Waals surface area contributed by atoms with Crippen molar-refractivity contribution in [1.29, 1.82) is 0 Å². The molecule has 3 rings (SSSR count). The van der Waals surface area contributed by atoms with Crippen LogP contribution in [0.15, 0.2) is 36.7 Å². The van der Waals surface area contributed by atoms with E-state index in [4.69, 9.17) is 16.2 Å². The summed E-state index contributed by atoms with van der Waals surface area (Å²) in [5.41, 5.74) is 14.2. The number of para-hydroxylation sites is 1. The Labute approximate surface area is 116 Å². The number of hydrogen-bond acceptors (Lipinski definition) is 4. The predicted molar refractivity (Wildman–Crippen MR) is 75.4 cm³/mol. The fraction of sp³-hybridized carbons (Fsp3) is 0.200. The van der Waals surface area contributed by atoms with Crippen LogP contribution in [0.3, 0.4) is 0 Å². The highest BCUT2D eigenvalue weighted by Crippen LogP contribution is 2.38. The van der Waals surface area contributed by atoms with Gasteiger partial charge in [-0.2, -0.15) is 0 Å². The first-order chi connectivity index (χ1) is 9.69. The standard InChI is InChI=1S/C15H15N3O2/c16-6-12-5-9-2-1-3-13(14(9)20-12)10-4-11(15(17)19)8-18-7-10/h1-4,7-8,12H,5-6,16H2,(H2,17,19)/t12-/m0/s1. The van der Waals surface area contributed by atoms with E-state index in [0.29, 0.717) is 12.1 Å². The zero-order valence-electron chi connectivity index (χ0n) is 10.9. The van der Waals surface area contributed by atoms with Crippen molar-refractivity contribution in [1.82, 2.24) is 4.98 Å². The number of ether oxygens (including phenoxy) is 1. The second-order valence-corrected chi connectivity index (χ2v) is 4.80. The maximum Gasteiger partial charge on any atom is 0.250 e. The second kappa shape index (κ2) is 4.94. The van der Waals surface area contributed by atoms with E-state index >= 15 is 0 Å². The number of fused-ring (bicyclic) bond motifs is 1. The lowest BCUT2D eigenvalue weighted by Crippen LogP contribution is -2.24. The van der Waals surface area contributed by atoms with Crippen LogP contribution in [0.25, 0.3) is 11.1 Å². The highest BCUT2D eigenvalue weighted by molar-refractivity contribution is 5.94. The smallest absolute Gasteiger partial charge is 0.250 e. The molecule has 0 bridgehead atoms. The second-order valence-electron chi connectivity index (χ2n) is 4.80. The molecule has 1 aliphatic rings. The van der Waals surface area contributed by atoms with Crippen LogP contribution in [0.5, 0.6) is 5.75 Å². The Balaban J connectivity index is 2.06. The maximum atomic E-state index is 11.3. The van der Waals surface area contributed by atoms with Crippen LogP contribution in [0, 0.1) is 0 Å². The number of benzene rings is 1. The number of amides is 1. The van der Waals surface area contributed by atoms with E-state index in [1.165, 1.54) is 6.20 Å². The van der Waals surface area contributed by atoms with Gasteiger partial charge < -0.3 is 16.2 Å². The highest BCUT2D eigenvalue weighted by atomic mass is 16.5. The van der Waals surface area contributed by atoms with Crippen molar-refractivity contribution in [3.05, 3.63) is 47.8 Å². The summed E-state index contributed by atoms with van der Waals surface area (Å²) in [7, 11) is 0. The van der Waals surface area contributed by atoms with Gasteiger partial charge >= 0.3 is 0 Å². The molecule has 1 aromatic carbocycles. The fourth-order valence-corrected chi connectivity index (χ4v) is 2.42. The average molecular weight is 269 g/mol. The topological polar surface area (TPSA) is 91.2 Å². The summed E-state index contributed by atoms with van der Waals surface area (Å²) in [5, 5.41) is 0. The summed E-state index contributed by atoms with van der Waals surface area (Å²) >= 11 is 0. The van der Waals surface area contributed by atoms with Gasteiger partial charge in [0, 0.05) is 36.5 Å². The predicted octanol–water partition coefficient (Wildman–Crippen LogP) is 1.11. The Bertz CT molecular complexity index is 670. The van der Waals surface area contributed by atoms with E-state index in [1.54, 1.807) is 12.3 Å². The number of nitrogens with two attached hydrogens (primary N) is 2. The van der Waals surface area contributed by atoms with Gasteiger partial charge in [0.05, 0.1) is 5.56 Å². The third kappa shape index (κ3) is 2.12. The van der Waals surface area contributed by atoms with Crippen LogP contribution in [-0.4, -0.2) is 23.5 Å². The maximum absolute atomic E-state index is 11.3. The molecule has 2 heterocycles. The third-order valence-electron chi connectivity index (χ3n) is 3.43. The highest BCUT2D eigenvalue weighted by Gasteiger charge is 2.24. The molecule has 0 saturated heterocycles. The summed E-state index contributed by atoms with van der Waals surface area (Å²) < 4.78 is 5.87. The van der Waals surface area contributed by atoms with E-state index in [2.05, 4.69) is 4.98 Å². The lowest BCUT2D eigenvalue weighted by Gasteiger charge is -2.11. The van der Waals surface area contributed by atoms with E-state index in [1.807, 2.05) is 18.2 Å². The number of pyridine rings is 1. The minimum Gasteiger partial charge on any atom is -0.488 e. The number of nitrogens with zero attached hydrogens (tertiary/aromatic N) is 1. The van der Waals surface area contributed by atoms with Gasteiger partial charge in [-0.1, -0.05) is 18.2 Å². The Morgan fingerprint density at radius 1 is 1.40 bits per heavy atom. The third-order valence-corrected chi connectivity index (χ3v) is 3.43. The first-order valence-corrected chi connectivity index (χ1v) is 6.43. The summed E-state index contributed by atoms with van der Waals surface area (Å²) in [6.07, 6.45) is 3.97. The molecule has 0 spiro atoms. The molecular formula is C15H15N3O2. The van der Waals surface area contributed by atoms with Crippen molar-refractivity contribution in [3.8, 4) is 16.9 Å². The lowest BCUT2D eigenvalue weighted by molar-refractivity contribution is 0.1000. The van der Waals surface area contributed by atoms with Gasteiger partial charge in [0.25, 0.3) is 0 Å². The summed E-state index contributed by atoms with van der Waals surface area (Å²) in [5.74, 6) is 0.332. The average Bonchev–Trinajstić information content (AvgIpc) is 2.90. The number of rotatable bonds is 3. The molecule has 0 unspecified atom stereocenters. The van der Waals surface area contributed by atoms with Gasteiger partial charge in [-0.15, -0.1) is 0 Å². The first kappa shape index (κ1) is 12.6. The lowest BCUT2D eigenvalue weighted by atomic mass is 10.0. The minimum atomic E-state index is -0.493. The van der Waals surface area contributed by atoms with E-state index in [-0.39, 0.29) is 6.10 Å².